The number of esters is 1. The van der Waals surface area contributed by atoms with Crippen LogP contribution < -0.4 is 0 Å². The van der Waals surface area contributed by atoms with Crippen LogP contribution in [-0.4, -0.2) is 15.9 Å². The molecule has 28 heavy (non-hydrogen) atoms. The Morgan fingerprint density at radius 2 is 1.71 bits per heavy atom. The van der Waals surface area contributed by atoms with Crippen molar-refractivity contribution in [3.05, 3.63) is 81.7 Å². The molecule has 2 aromatic heterocycles. The van der Waals surface area contributed by atoms with Gasteiger partial charge >= 0.3 is 12.1 Å². The zero-order valence-electron chi connectivity index (χ0n) is 14.0. The normalized spacial score (nSPS) is 11.3. The van der Waals surface area contributed by atoms with Crippen molar-refractivity contribution in [1.82, 2.24) is 9.97 Å². The number of pyridine rings is 2. The second-order valence-electron chi connectivity index (χ2n) is 5.65. The Bertz CT molecular complexity index is 1010. The van der Waals surface area contributed by atoms with Crippen molar-refractivity contribution in [2.45, 2.75) is 12.8 Å². The molecular formula is C19H11Cl2F3N2O2. The summed E-state index contributed by atoms with van der Waals surface area (Å²) < 4.78 is 43.6. The van der Waals surface area contributed by atoms with Crippen LogP contribution in [0, 0.1) is 0 Å². The van der Waals surface area contributed by atoms with E-state index in [0.717, 1.165) is 17.7 Å². The number of halogens is 5. The van der Waals surface area contributed by atoms with Crippen molar-refractivity contribution in [2.24, 2.45) is 0 Å². The second-order valence-corrected chi connectivity index (χ2v) is 6.47. The van der Waals surface area contributed by atoms with E-state index in [1.54, 1.807) is 24.5 Å². The van der Waals surface area contributed by atoms with Crippen LogP contribution in [0.4, 0.5) is 13.2 Å². The van der Waals surface area contributed by atoms with Gasteiger partial charge in [-0.3, -0.25) is 4.98 Å². The molecule has 0 atom stereocenters. The number of carbonyl (C=O) groups is 1. The van der Waals surface area contributed by atoms with E-state index in [2.05, 4.69) is 9.97 Å². The number of benzene rings is 1. The van der Waals surface area contributed by atoms with Gasteiger partial charge in [0, 0.05) is 18.0 Å². The molecule has 0 radical (unpaired) electrons. The van der Waals surface area contributed by atoms with Gasteiger partial charge in [0.25, 0.3) is 0 Å². The third kappa shape index (κ3) is 4.61. The van der Waals surface area contributed by atoms with Gasteiger partial charge in [-0.15, -0.1) is 0 Å². The predicted molar refractivity (Wildman–Crippen MR) is 98.1 cm³/mol. The van der Waals surface area contributed by atoms with Crippen molar-refractivity contribution in [2.75, 3.05) is 0 Å². The third-order valence-corrected chi connectivity index (χ3v) is 4.35. The largest absolute Gasteiger partial charge is 0.456 e. The first-order chi connectivity index (χ1) is 13.3. The molecule has 3 aromatic rings. The Balaban J connectivity index is 1.86. The van der Waals surface area contributed by atoms with E-state index in [-0.39, 0.29) is 33.6 Å². The Kier molecular flexibility index (Phi) is 5.86. The first kappa shape index (κ1) is 20.1. The summed E-state index contributed by atoms with van der Waals surface area (Å²) in [6.45, 7) is -0.00930. The Labute approximate surface area is 167 Å². The fourth-order valence-corrected chi connectivity index (χ4v) is 2.79. The first-order valence-corrected chi connectivity index (χ1v) is 8.61. The van der Waals surface area contributed by atoms with E-state index < -0.39 is 17.7 Å². The SMILES string of the molecule is O=C(OCc1ccncc1)c1nc(-c2ccc(C(F)(F)F)cc2Cl)ccc1Cl. The highest BCUT2D eigenvalue weighted by Crippen LogP contribution is 2.35. The van der Waals surface area contributed by atoms with Crippen LogP contribution in [0.1, 0.15) is 21.6 Å². The number of hydrogen-bond acceptors (Lipinski definition) is 4. The van der Waals surface area contributed by atoms with Gasteiger partial charge in [-0.05, 0) is 42.0 Å². The number of nitrogens with zero attached hydrogens (tertiary/aromatic N) is 2. The molecule has 4 nitrogen and oxygen atoms in total. The van der Waals surface area contributed by atoms with Gasteiger partial charge in [0.1, 0.15) is 6.61 Å². The fourth-order valence-electron chi connectivity index (χ4n) is 2.33. The summed E-state index contributed by atoms with van der Waals surface area (Å²) in [7, 11) is 0. The molecule has 0 spiro atoms. The number of carbonyl (C=O) groups excluding carboxylic acids is 1. The molecule has 0 aliphatic rings. The standard InChI is InChI=1S/C19H11Cl2F3N2O2/c20-14-3-4-16(13-2-1-12(9-15(13)21)19(22,23)24)26-17(14)18(27)28-10-11-5-7-25-8-6-11/h1-9H,10H2. The van der Waals surface area contributed by atoms with Crippen LogP contribution in [0.3, 0.4) is 0 Å². The van der Waals surface area contributed by atoms with Gasteiger partial charge in [0.15, 0.2) is 5.69 Å². The Hall–Kier alpha value is -2.64. The first-order valence-electron chi connectivity index (χ1n) is 7.85. The molecule has 2 heterocycles. The summed E-state index contributed by atoms with van der Waals surface area (Å²) in [5.41, 5.74) is 0.103. The molecule has 0 unspecified atom stereocenters. The lowest BCUT2D eigenvalue weighted by molar-refractivity contribution is -0.137. The third-order valence-electron chi connectivity index (χ3n) is 3.73. The van der Waals surface area contributed by atoms with Crippen LogP contribution in [0.2, 0.25) is 10.0 Å². The molecule has 144 valence electrons. The molecule has 0 amide bonds. The maximum absolute atomic E-state index is 12.8. The summed E-state index contributed by atoms with van der Waals surface area (Å²) in [5.74, 6) is -0.772. The highest BCUT2D eigenvalue weighted by Gasteiger charge is 2.31. The lowest BCUT2D eigenvalue weighted by Gasteiger charge is -2.11. The molecule has 0 bridgehead atoms. The van der Waals surface area contributed by atoms with Crippen molar-refractivity contribution in [1.29, 1.82) is 0 Å². The quantitative estimate of drug-likeness (QED) is 0.492. The van der Waals surface area contributed by atoms with Crippen molar-refractivity contribution in [3.8, 4) is 11.3 Å². The summed E-state index contributed by atoms with van der Waals surface area (Å²) in [6.07, 6.45) is -1.40. The maximum atomic E-state index is 12.8. The molecule has 0 saturated heterocycles. The van der Waals surface area contributed by atoms with Crippen LogP contribution in [0.15, 0.2) is 54.9 Å². The highest BCUT2D eigenvalue weighted by molar-refractivity contribution is 6.34. The zero-order chi connectivity index (χ0) is 20.3. The molecule has 0 aliphatic heterocycles. The Morgan fingerprint density at radius 1 is 1.00 bits per heavy atom. The topological polar surface area (TPSA) is 52.1 Å². The minimum atomic E-state index is -4.52. The smallest absolute Gasteiger partial charge is 0.416 e. The van der Waals surface area contributed by atoms with Crippen LogP contribution in [0.25, 0.3) is 11.3 Å². The van der Waals surface area contributed by atoms with Crippen LogP contribution in [0.5, 0.6) is 0 Å². The fraction of sp³-hybridized carbons (Fsp3) is 0.105. The molecule has 1 aromatic carbocycles. The number of hydrogen-bond donors (Lipinski definition) is 0. The molecular weight excluding hydrogens is 416 g/mol. The molecule has 0 aliphatic carbocycles. The minimum absolute atomic E-state index is 0.00930. The van der Waals surface area contributed by atoms with Crippen molar-refractivity contribution >= 4 is 29.2 Å². The van der Waals surface area contributed by atoms with E-state index in [1.165, 1.54) is 18.2 Å². The van der Waals surface area contributed by atoms with E-state index in [9.17, 15) is 18.0 Å². The maximum Gasteiger partial charge on any atom is 0.416 e. The molecule has 3 rings (SSSR count). The van der Waals surface area contributed by atoms with E-state index in [4.69, 9.17) is 27.9 Å². The van der Waals surface area contributed by atoms with E-state index in [1.807, 2.05) is 0 Å². The summed E-state index contributed by atoms with van der Waals surface area (Å²) in [6, 6.07) is 9.10. The van der Waals surface area contributed by atoms with Crippen LogP contribution >= 0.6 is 23.2 Å². The zero-order valence-corrected chi connectivity index (χ0v) is 15.5. The van der Waals surface area contributed by atoms with Crippen molar-refractivity contribution in [3.63, 3.8) is 0 Å². The van der Waals surface area contributed by atoms with E-state index in [0.29, 0.717) is 0 Å². The lowest BCUT2D eigenvalue weighted by Crippen LogP contribution is -2.09. The van der Waals surface area contributed by atoms with Gasteiger partial charge in [-0.1, -0.05) is 29.3 Å². The summed E-state index contributed by atoms with van der Waals surface area (Å²) in [4.78, 5) is 20.3. The monoisotopic (exact) mass is 426 g/mol. The molecule has 0 fully saturated rings. The molecule has 0 N–H and O–H groups in total. The average molecular weight is 427 g/mol. The number of ether oxygens (including phenoxy) is 1. The molecule has 9 heteroatoms. The summed E-state index contributed by atoms with van der Waals surface area (Å²) >= 11 is 12.0. The number of rotatable bonds is 4. The van der Waals surface area contributed by atoms with Crippen molar-refractivity contribution < 1.29 is 22.7 Å². The number of alkyl halides is 3. The molecule has 0 saturated carbocycles. The lowest BCUT2D eigenvalue weighted by atomic mass is 10.1. The van der Waals surface area contributed by atoms with Gasteiger partial charge in [0.2, 0.25) is 0 Å². The van der Waals surface area contributed by atoms with Crippen LogP contribution in [-0.2, 0) is 17.5 Å². The summed E-state index contributed by atoms with van der Waals surface area (Å²) in [5, 5.41) is -0.104. The highest BCUT2D eigenvalue weighted by atomic mass is 35.5. The van der Waals surface area contributed by atoms with Gasteiger partial charge in [0.05, 0.1) is 21.3 Å². The minimum Gasteiger partial charge on any atom is -0.456 e. The van der Waals surface area contributed by atoms with E-state index >= 15 is 0 Å². The second kappa shape index (κ2) is 8.16. The van der Waals surface area contributed by atoms with Gasteiger partial charge in [-0.25, -0.2) is 9.78 Å². The Morgan fingerprint density at radius 3 is 2.36 bits per heavy atom. The van der Waals surface area contributed by atoms with Gasteiger partial charge in [-0.2, -0.15) is 13.2 Å². The van der Waals surface area contributed by atoms with Gasteiger partial charge < -0.3 is 4.74 Å². The average Bonchev–Trinajstić information content (AvgIpc) is 2.67. The number of aromatic nitrogens is 2. The predicted octanol–water partition coefficient (Wildman–Crippen LogP) is 5.83.